The molecule has 0 aliphatic carbocycles. The van der Waals surface area contributed by atoms with Crippen LogP contribution < -0.4 is 19.6 Å². The van der Waals surface area contributed by atoms with Gasteiger partial charge in [0, 0.05) is 154 Å². The van der Waals surface area contributed by atoms with Gasteiger partial charge in [-0.2, -0.15) is 0 Å². The lowest BCUT2D eigenvalue weighted by Crippen LogP contribution is -2.13. The highest BCUT2D eigenvalue weighted by Crippen LogP contribution is 2.54. The molecule has 0 saturated heterocycles. The Labute approximate surface area is 863 Å². The molecule has 0 unspecified atom stereocenters. The van der Waals surface area contributed by atoms with Crippen LogP contribution in [-0.4, -0.2) is 17.6 Å². The number of anilines is 12. The van der Waals surface area contributed by atoms with Gasteiger partial charge in [-0.25, -0.2) is 0 Å². The standard InChI is InChI=1S/C74H74N4.C66H42N4/c1-39(2)69-43(9)27-53(28-44(69)10)75(54-29-45(11)70(40(3)4)46(12)30-54)51-23-25-57-59-19-17-21-61-63-38-68-64(37-67(63)77(73(59)61)65(57)35-51)62-22-18-20-60-58-26-24-52(36-66(58)78(68)74(60)62)76(55-31-47(13)71(41(5)6)48(14)32-55)56-33-49(15)72(42(7)8)50(16)34-56;1-5-17-43(18-6-1)45-21-13-27-49(37-45)67(47-23-9-3-10-24-47)51-33-35-53-55-29-15-31-57-59-42-64-60(41-63(59)69(65(55)57)61(53)39-51)58-32-16-30-56-54-36-34-52(40-62(54)70(64)66(56)58)68(48-25-11-4-12-26-48)50-28-14-22-46(38-50)44-19-7-2-8-20-44/h17-42H,1-16H3;1-42H. The first-order chi connectivity index (χ1) is 72.0. The molecule has 20 aromatic carbocycles. The lowest BCUT2D eigenvalue weighted by molar-refractivity contribution is 0.844. The minimum absolute atomic E-state index is 0.447. The maximum atomic E-state index is 2.58. The summed E-state index contributed by atoms with van der Waals surface area (Å²) in [5.74, 6) is 1.79. The number of fused-ring (bicyclic) bond motifs is 24. The van der Waals surface area contributed by atoms with Crippen LogP contribution in [0.1, 0.15) is 146 Å². The Morgan fingerprint density at radius 2 is 0.324 bits per heavy atom. The Hall–Kier alpha value is -17.2. The molecule has 148 heavy (non-hydrogen) atoms. The van der Waals surface area contributed by atoms with E-state index in [1.807, 2.05) is 0 Å². The molecule has 0 radical (unpaired) electrons. The van der Waals surface area contributed by atoms with E-state index in [0.29, 0.717) is 23.7 Å². The van der Waals surface area contributed by atoms with Crippen molar-refractivity contribution in [3.8, 4) is 22.3 Å². The minimum atomic E-state index is 0.447. The summed E-state index contributed by atoms with van der Waals surface area (Å²) in [7, 11) is 0. The Kier molecular flexibility index (Phi) is 20.7. The predicted octanol–water partition coefficient (Wildman–Crippen LogP) is 40.1. The van der Waals surface area contributed by atoms with Crippen molar-refractivity contribution in [1.82, 2.24) is 17.6 Å². The third-order valence-corrected chi connectivity index (χ3v) is 32.6. The first kappa shape index (κ1) is 89.6. The molecule has 8 aromatic heterocycles. The number of aromatic nitrogens is 4. The van der Waals surface area contributed by atoms with Gasteiger partial charge in [-0.05, 0) is 338 Å². The van der Waals surface area contributed by atoms with Crippen LogP contribution in [0.3, 0.4) is 0 Å². The molecule has 8 nitrogen and oxygen atoms in total. The number of nitrogens with zero attached hydrogens (tertiary/aromatic N) is 8. The lowest BCUT2D eigenvalue weighted by Gasteiger charge is -2.29. The molecule has 8 heteroatoms. The predicted molar refractivity (Wildman–Crippen MR) is 635 cm³/mol. The average Bonchev–Trinajstić information content (AvgIpc) is 1.52. The van der Waals surface area contributed by atoms with Crippen molar-refractivity contribution in [2.24, 2.45) is 0 Å². The number of aryl methyl sites for hydroxylation is 8. The van der Waals surface area contributed by atoms with Crippen molar-refractivity contribution in [3.05, 3.63) is 455 Å². The van der Waals surface area contributed by atoms with Gasteiger partial charge in [0.05, 0.1) is 66.2 Å². The highest BCUT2D eigenvalue weighted by molar-refractivity contribution is 6.32. The molecule has 0 bridgehead atoms. The molecule has 0 N–H and O–H groups in total. The van der Waals surface area contributed by atoms with Crippen molar-refractivity contribution in [3.63, 3.8) is 0 Å². The Morgan fingerprint density at radius 3 is 0.554 bits per heavy atom. The Morgan fingerprint density at radius 1 is 0.142 bits per heavy atom. The van der Waals surface area contributed by atoms with Crippen LogP contribution in [0.15, 0.2) is 388 Å². The molecular formula is C140H116N8. The van der Waals surface area contributed by atoms with Crippen LogP contribution >= 0.6 is 0 Å². The molecular weight excluding hydrogens is 1790 g/mol. The summed E-state index contributed by atoms with van der Waals surface area (Å²) < 4.78 is 10.2. The zero-order valence-electron chi connectivity index (χ0n) is 86.8. The van der Waals surface area contributed by atoms with Gasteiger partial charge in [0.25, 0.3) is 0 Å². The fourth-order valence-electron chi connectivity index (χ4n) is 27.2. The third-order valence-electron chi connectivity index (χ3n) is 32.6. The van der Waals surface area contributed by atoms with E-state index in [9.17, 15) is 0 Å². The van der Waals surface area contributed by atoms with Gasteiger partial charge < -0.3 is 37.2 Å². The quantitative estimate of drug-likeness (QED) is 0.0857. The molecule has 0 saturated carbocycles. The number of hydrogen-bond donors (Lipinski definition) is 0. The smallest absolute Gasteiger partial charge is 0.0620 e. The highest BCUT2D eigenvalue weighted by Gasteiger charge is 2.32. The topological polar surface area (TPSA) is 30.6 Å². The van der Waals surface area contributed by atoms with Gasteiger partial charge in [-0.15, -0.1) is 0 Å². The molecule has 0 aliphatic heterocycles. The normalized spacial score (nSPS) is 12.3. The number of benzene rings is 20. The zero-order chi connectivity index (χ0) is 101. The third kappa shape index (κ3) is 13.8. The summed E-state index contributed by atoms with van der Waals surface area (Å²) in [6.07, 6.45) is 0. The summed E-state index contributed by atoms with van der Waals surface area (Å²) in [6.45, 7) is 36.8. The Bertz CT molecular complexity index is 9430. The van der Waals surface area contributed by atoms with E-state index in [-0.39, 0.29) is 0 Å². The maximum absolute atomic E-state index is 2.58. The second-order valence-corrected chi connectivity index (χ2v) is 43.2. The first-order valence-corrected chi connectivity index (χ1v) is 52.8. The number of hydrogen-bond acceptors (Lipinski definition) is 4. The molecule has 0 spiro atoms. The highest BCUT2D eigenvalue weighted by atomic mass is 15.2. The van der Waals surface area contributed by atoms with E-state index in [0.717, 1.165) is 45.5 Å². The van der Waals surface area contributed by atoms with Gasteiger partial charge >= 0.3 is 0 Å². The van der Waals surface area contributed by atoms with Crippen LogP contribution in [0.5, 0.6) is 0 Å². The van der Waals surface area contributed by atoms with Crippen LogP contribution in [0, 0.1) is 55.4 Å². The largest absolute Gasteiger partial charge is 0.310 e. The molecule has 28 aromatic rings. The summed E-state index contributed by atoms with van der Waals surface area (Å²) >= 11 is 0. The second kappa shape index (κ2) is 34.2. The molecule has 28 rings (SSSR count). The van der Waals surface area contributed by atoms with Crippen LogP contribution in [0.25, 0.3) is 175 Å². The van der Waals surface area contributed by atoms with Crippen molar-refractivity contribution in [2.75, 3.05) is 19.6 Å². The van der Waals surface area contributed by atoms with E-state index < -0.39 is 0 Å². The molecule has 0 fully saturated rings. The van der Waals surface area contributed by atoms with Crippen molar-refractivity contribution in [2.45, 2.75) is 134 Å². The fraction of sp³-hybridized carbons (Fsp3) is 0.143. The molecule has 0 aliphatic rings. The monoisotopic (exact) mass is 1910 g/mol. The zero-order valence-corrected chi connectivity index (χ0v) is 86.8. The maximum Gasteiger partial charge on any atom is 0.0620 e. The van der Waals surface area contributed by atoms with Crippen LogP contribution in [-0.2, 0) is 0 Å². The van der Waals surface area contributed by atoms with E-state index >= 15 is 0 Å². The van der Waals surface area contributed by atoms with Crippen LogP contribution in [0.2, 0.25) is 0 Å². The molecule has 716 valence electrons. The van der Waals surface area contributed by atoms with E-state index in [1.54, 1.807) is 0 Å². The SMILES string of the molecule is Cc1cc(N(c2cc(C)c(C(C)C)c(C)c2)c2ccc3c4cccc5c6cc7c(cc6n(c3c2)c45)c2cccc3c4ccc(N(c5cc(C)c(C(C)C)c(C)c5)c5cc(C)c(C(C)C)c(C)c5)cc4n7c32)cc(C)c1C(C)C.c1ccc(-c2cccc(N(c3ccccc3)c3ccc4c5cccc6c7cc8c(cc7n(c4c3)c56)c3cccc4c5ccc(N(c6ccccc6)c6cccc(-c7ccccc7)c6)cc5n8c43)c2)cc1. The van der Waals surface area contributed by atoms with Crippen molar-refractivity contribution >= 4 is 221 Å². The molecule has 8 heterocycles. The van der Waals surface area contributed by atoms with Crippen molar-refractivity contribution in [1.29, 1.82) is 0 Å². The van der Waals surface area contributed by atoms with E-state index in [4.69, 9.17) is 0 Å². The summed E-state index contributed by atoms with van der Waals surface area (Å²) in [4.78, 5) is 9.81. The summed E-state index contributed by atoms with van der Waals surface area (Å²) in [5.41, 5.74) is 49.8. The first-order valence-electron chi connectivity index (χ1n) is 52.8. The van der Waals surface area contributed by atoms with Gasteiger partial charge in [0.2, 0.25) is 0 Å². The number of rotatable bonds is 18. The lowest BCUT2D eigenvalue weighted by atomic mass is 9.91. The number of para-hydroxylation sites is 6. The molecule has 0 amide bonds. The Balaban J connectivity index is 0.000000147. The van der Waals surface area contributed by atoms with Gasteiger partial charge in [-0.3, -0.25) is 0 Å². The van der Waals surface area contributed by atoms with Gasteiger partial charge in [-0.1, -0.05) is 274 Å². The van der Waals surface area contributed by atoms with E-state index in [2.05, 4.69) is 536 Å². The average molecular weight is 1910 g/mol. The second-order valence-electron chi connectivity index (χ2n) is 43.2. The fourth-order valence-corrected chi connectivity index (χ4v) is 27.2. The van der Waals surface area contributed by atoms with Crippen molar-refractivity contribution < 1.29 is 0 Å². The van der Waals surface area contributed by atoms with Gasteiger partial charge in [0.15, 0.2) is 0 Å². The summed E-state index contributed by atoms with van der Waals surface area (Å²) in [6, 6.07) is 146. The minimum Gasteiger partial charge on any atom is -0.310 e. The summed E-state index contributed by atoms with van der Waals surface area (Å²) in [5, 5.41) is 20.3. The van der Waals surface area contributed by atoms with E-state index in [1.165, 1.54) is 264 Å². The molecule has 0 atom stereocenters. The van der Waals surface area contributed by atoms with Crippen LogP contribution in [0.4, 0.5) is 68.2 Å². The van der Waals surface area contributed by atoms with Gasteiger partial charge in [0.1, 0.15) is 0 Å².